The van der Waals surface area contributed by atoms with E-state index in [9.17, 15) is 13.2 Å². The molecule has 1 aliphatic carbocycles. The fourth-order valence-corrected chi connectivity index (χ4v) is 2.61. The molecule has 0 amide bonds. The summed E-state index contributed by atoms with van der Waals surface area (Å²) in [6.45, 7) is 5.51. The Hall–Kier alpha value is -0.290. The van der Waals surface area contributed by atoms with E-state index >= 15 is 0 Å². The number of hydrogen-bond acceptors (Lipinski definition) is 2. The van der Waals surface area contributed by atoms with Crippen molar-refractivity contribution in [1.82, 2.24) is 5.32 Å². The van der Waals surface area contributed by atoms with Gasteiger partial charge in [-0.05, 0) is 31.6 Å². The average molecular weight is 281 g/mol. The molecule has 1 aliphatic rings. The van der Waals surface area contributed by atoms with E-state index in [-0.39, 0.29) is 6.04 Å². The molecule has 0 aliphatic heterocycles. The first-order valence-corrected chi connectivity index (χ1v) is 7.20. The molecule has 1 N–H and O–H groups in total. The Morgan fingerprint density at radius 3 is 2.26 bits per heavy atom. The summed E-state index contributed by atoms with van der Waals surface area (Å²) in [4.78, 5) is 0. The van der Waals surface area contributed by atoms with E-state index in [4.69, 9.17) is 4.74 Å². The summed E-state index contributed by atoms with van der Waals surface area (Å²) in [5, 5.41) is 3.23. The van der Waals surface area contributed by atoms with Crippen molar-refractivity contribution in [3.8, 4) is 0 Å². The Bertz CT molecular complexity index is 258. The molecule has 1 rings (SSSR count). The van der Waals surface area contributed by atoms with Crippen LogP contribution in [0, 0.1) is 5.92 Å². The first kappa shape index (κ1) is 16.8. The molecule has 0 radical (unpaired) electrons. The summed E-state index contributed by atoms with van der Waals surface area (Å²) in [7, 11) is 0. The van der Waals surface area contributed by atoms with Crippen LogP contribution in [0.4, 0.5) is 13.2 Å². The van der Waals surface area contributed by atoms with Crippen LogP contribution in [-0.2, 0) is 4.74 Å². The highest BCUT2D eigenvalue weighted by molar-refractivity contribution is 4.90. The van der Waals surface area contributed by atoms with Gasteiger partial charge in [-0.15, -0.1) is 0 Å². The molecule has 5 heteroatoms. The van der Waals surface area contributed by atoms with E-state index in [1.165, 1.54) is 0 Å². The average Bonchev–Trinajstić information content (AvgIpc) is 2.34. The van der Waals surface area contributed by atoms with Crippen LogP contribution in [0.2, 0.25) is 0 Å². The fraction of sp³-hybridized carbons (Fsp3) is 1.00. The third kappa shape index (κ3) is 6.13. The number of halogens is 3. The third-order valence-electron chi connectivity index (χ3n) is 3.97. The first-order chi connectivity index (χ1) is 8.76. The summed E-state index contributed by atoms with van der Waals surface area (Å²) in [5.41, 5.74) is -0.633. The topological polar surface area (TPSA) is 21.3 Å². The van der Waals surface area contributed by atoms with Crippen LogP contribution in [0.15, 0.2) is 0 Å². The first-order valence-electron chi connectivity index (χ1n) is 7.20. The van der Waals surface area contributed by atoms with Crippen LogP contribution >= 0.6 is 0 Å². The second kappa shape index (κ2) is 6.93. The summed E-state index contributed by atoms with van der Waals surface area (Å²) < 4.78 is 42.4. The quantitative estimate of drug-likeness (QED) is 0.797. The lowest BCUT2D eigenvalue weighted by molar-refractivity contribution is -0.211. The molecule has 0 bridgehead atoms. The smallest absolute Gasteiger partial charge is 0.364 e. The minimum absolute atomic E-state index is 0.260. The van der Waals surface area contributed by atoms with Crippen molar-refractivity contribution in [3.05, 3.63) is 0 Å². The zero-order valence-electron chi connectivity index (χ0n) is 12.1. The second-order valence-corrected chi connectivity index (χ2v) is 5.97. The van der Waals surface area contributed by atoms with Crippen molar-refractivity contribution in [3.63, 3.8) is 0 Å². The monoisotopic (exact) mass is 281 g/mol. The second-order valence-electron chi connectivity index (χ2n) is 5.97. The third-order valence-corrected chi connectivity index (χ3v) is 3.97. The van der Waals surface area contributed by atoms with Gasteiger partial charge in [0.05, 0.1) is 5.60 Å². The van der Waals surface area contributed by atoms with Crippen LogP contribution in [-0.4, -0.2) is 31.0 Å². The predicted octanol–water partition coefficient (Wildman–Crippen LogP) is 3.90. The Labute approximate surface area is 114 Å². The van der Waals surface area contributed by atoms with E-state index < -0.39 is 18.4 Å². The van der Waals surface area contributed by atoms with Gasteiger partial charge in [-0.1, -0.05) is 27.2 Å². The molecule has 0 atom stereocenters. The molecule has 0 aromatic carbocycles. The fourth-order valence-electron chi connectivity index (χ4n) is 2.61. The number of ether oxygens (including phenoxy) is 1. The Morgan fingerprint density at radius 2 is 1.84 bits per heavy atom. The summed E-state index contributed by atoms with van der Waals surface area (Å²) >= 11 is 0. The van der Waals surface area contributed by atoms with Crippen LogP contribution in [0.25, 0.3) is 0 Å². The molecule has 1 fully saturated rings. The van der Waals surface area contributed by atoms with E-state index in [2.05, 4.69) is 12.2 Å². The summed E-state index contributed by atoms with van der Waals surface area (Å²) in [5.74, 6) is 0.640. The van der Waals surface area contributed by atoms with Crippen molar-refractivity contribution >= 4 is 0 Å². The molecule has 1 saturated carbocycles. The predicted molar refractivity (Wildman–Crippen MR) is 70.1 cm³/mol. The van der Waals surface area contributed by atoms with Crippen molar-refractivity contribution in [2.45, 2.75) is 70.7 Å². The maximum Gasteiger partial charge on any atom is 0.411 e. The van der Waals surface area contributed by atoms with Gasteiger partial charge in [0, 0.05) is 12.6 Å². The van der Waals surface area contributed by atoms with Gasteiger partial charge in [-0.2, -0.15) is 13.2 Å². The van der Waals surface area contributed by atoms with E-state index in [1.54, 1.807) is 0 Å². The van der Waals surface area contributed by atoms with Crippen molar-refractivity contribution in [2.75, 3.05) is 13.2 Å². The standard InChI is InChI=1S/C14H26F3NO/c1-4-12-5-7-13(8-6-12,9-18-11(2)3)19-10-14(15,16)17/h11-12,18H,4-10H2,1-3H3. The summed E-state index contributed by atoms with van der Waals surface area (Å²) in [6, 6.07) is 0.260. The molecule has 0 heterocycles. The molecule has 0 saturated heterocycles. The molecule has 0 aromatic rings. The van der Waals surface area contributed by atoms with Gasteiger partial charge in [-0.25, -0.2) is 0 Å². The van der Waals surface area contributed by atoms with E-state index in [0.717, 1.165) is 32.1 Å². The zero-order valence-corrected chi connectivity index (χ0v) is 12.1. The molecule has 0 aromatic heterocycles. The van der Waals surface area contributed by atoms with Crippen LogP contribution < -0.4 is 5.32 Å². The SMILES string of the molecule is CCC1CCC(CNC(C)C)(OCC(F)(F)F)CC1. The van der Waals surface area contributed by atoms with Crippen LogP contribution in [0.1, 0.15) is 52.9 Å². The maximum absolute atomic E-state index is 12.4. The highest BCUT2D eigenvalue weighted by Gasteiger charge is 2.39. The molecule has 0 unspecified atom stereocenters. The molecule has 19 heavy (non-hydrogen) atoms. The number of nitrogens with one attached hydrogen (secondary N) is 1. The minimum Gasteiger partial charge on any atom is -0.364 e. The number of alkyl halides is 3. The molecular formula is C14H26F3NO. The van der Waals surface area contributed by atoms with Gasteiger partial charge in [0.25, 0.3) is 0 Å². The normalized spacial score (nSPS) is 28.9. The minimum atomic E-state index is -4.24. The Morgan fingerprint density at radius 1 is 1.26 bits per heavy atom. The lowest BCUT2D eigenvalue weighted by Crippen LogP contribution is -2.48. The largest absolute Gasteiger partial charge is 0.411 e. The maximum atomic E-state index is 12.4. The van der Waals surface area contributed by atoms with Gasteiger partial charge in [0.1, 0.15) is 6.61 Å². The van der Waals surface area contributed by atoms with E-state index in [1.807, 2.05) is 13.8 Å². The van der Waals surface area contributed by atoms with Crippen molar-refractivity contribution < 1.29 is 17.9 Å². The number of hydrogen-bond donors (Lipinski definition) is 1. The molecule has 0 spiro atoms. The lowest BCUT2D eigenvalue weighted by Gasteiger charge is -2.40. The van der Waals surface area contributed by atoms with Gasteiger partial charge in [0.2, 0.25) is 0 Å². The van der Waals surface area contributed by atoms with Crippen molar-refractivity contribution in [2.24, 2.45) is 5.92 Å². The van der Waals surface area contributed by atoms with Gasteiger partial charge in [0.15, 0.2) is 0 Å². The number of rotatable bonds is 6. The highest BCUT2D eigenvalue weighted by Crippen LogP contribution is 2.37. The molecular weight excluding hydrogens is 255 g/mol. The lowest BCUT2D eigenvalue weighted by atomic mass is 9.77. The van der Waals surface area contributed by atoms with Crippen LogP contribution in [0.5, 0.6) is 0 Å². The summed E-state index contributed by atoms with van der Waals surface area (Å²) in [6.07, 6.45) is 0.240. The van der Waals surface area contributed by atoms with Gasteiger partial charge < -0.3 is 10.1 Å². The van der Waals surface area contributed by atoms with Gasteiger partial charge >= 0.3 is 6.18 Å². The molecule has 114 valence electrons. The Balaban J connectivity index is 2.58. The molecule has 2 nitrogen and oxygen atoms in total. The Kier molecular flexibility index (Phi) is 6.12. The van der Waals surface area contributed by atoms with Crippen LogP contribution in [0.3, 0.4) is 0 Å². The van der Waals surface area contributed by atoms with E-state index in [0.29, 0.717) is 12.5 Å². The zero-order chi connectivity index (χ0) is 14.5. The highest BCUT2D eigenvalue weighted by atomic mass is 19.4. The van der Waals surface area contributed by atoms with Gasteiger partial charge in [-0.3, -0.25) is 0 Å². The van der Waals surface area contributed by atoms with Crippen molar-refractivity contribution in [1.29, 1.82) is 0 Å².